The predicted octanol–water partition coefficient (Wildman–Crippen LogP) is 2.26. The number of rotatable bonds is 4. The normalized spacial score (nSPS) is 11.3. The van der Waals surface area contributed by atoms with Gasteiger partial charge in [0.25, 0.3) is 0 Å². The highest BCUT2D eigenvalue weighted by Crippen LogP contribution is 2.28. The van der Waals surface area contributed by atoms with Gasteiger partial charge in [-0.2, -0.15) is 0 Å². The van der Waals surface area contributed by atoms with Gasteiger partial charge in [0, 0.05) is 22.4 Å². The molecule has 17 heavy (non-hydrogen) atoms. The van der Waals surface area contributed by atoms with Crippen LogP contribution in [-0.2, 0) is 4.79 Å². The van der Waals surface area contributed by atoms with Gasteiger partial charge in [-0.15, -0.1) is 0 Å². The third-order valence-corrected chi connectivity index (χ3v) is 3.40. The van der Waals surface area contributed by atoms with Crippen LogP contribution in [0.3, 0.4) is 0 Å². The molecular formula is C12H18BrN3O. The Labute approximate surface area is 110 Å². The van der Waals surface area contributed by atoms with Gasteiger partial charge < -0.3 is 16.8 Å². The molecule has 0 aliphatic heterocycles. The summed E-state index contributed by atoms with van der Waals surface area (Å²) in [6.07, 6.45) is 0. The number of nitrogens with one attached hydrogen (secondary N) is 1. The van der Waals surface area contributed by atoms with Crippen LogP contribution in [0.5, 0.6) is 0 Å². The largest absolute Gasteiger partial charge is 0.398 e. The first kappa shape index (κ1) is 13.8. The number of aryl methyl sites for hydroxylation is 1. The summed E-state index contributed by atoms with van der Waals surface area (Å²) in [7, 11) is 0. The van der Waals surface area contributed by atoms with Crippen molar-refractivity contribution in [1.29, 1.82) is 0 Å². The van der Waals surface area contributed by atoms with Gasteiger partial charge in [-0.05, 0) is 54.4 Å². The molecule has 0 saturated heterocycles. The van der Waals surface area contributed by atoms with E-state index in [1.54, 1.807) is 13.8 Å². The molecule has 1 rings (SSSR count). The van der Waals surface area contributed by atoms with E-state index in [2.05, 4.69) is 21.2 Å². The minimum absolute atomic E-state index is 0.326. The van der Waals surface area contributed by atoms with Gasteiger partial charge in [0.15, 0.2) is 0 Å². The number of benzene rings is 1. The van der Waals surface area contributed by atoms with E-state index in [1.165, 1.54) is 0 Å². The lowest BCUT2D eigenvalue weighted by atomic mass is 9.92. The molecule has 0 heterocycles. The van der Waals surface area contributed by atoms with E-state index in [-0.39, 0.29) is 5.91 Å². The molecule has 0 atom stereocenters. The van der Waals surface area contributed by atoms with E-state index in [0.29, 0.717) is 6.54 Å². The van der Waals surface area contributed by atoms with Crippen molar-refractivity contribution in [3.05, 3.63) is 22.2 Å². The topological polar surface area (TPSA) is 81.1 Å². The number of primary amides is 1. The number of carbonyl (C=O) groups is 1. The molecule has 1 aromatic rings. The minimum Gasteiger partial charge on any atom is -0.398 e. The molecule has 0 spiro atoms. The Morgan fingerprint density at radius 2 is 2.06 bits per heavy atom. The average molecular weight is 300 g/mol. The second-order valence-electron chi connectivity index (χ2n) is 4.79. The number of nitrogen functional groups attached to an aromatic ring is 1. The molecular weight excluding hydrogens is 282 g/mol. The van der Waals surface area contributed by atoms with Crippen molar-refractivity contribution in [3.8, 4) is 0 Å². The van der Waals surface area contributed by atoms with Gasteiger partial charge >= 0.3 is 0 Å². The van der Waals surface area contributed by atoms with Crippen molar-refractivity contribution in [3.63, 3.8) is 0 Å². The molecule has 4 nitrogen and oxygen atoms in total. The Morgan fingerprint density at radius 3 is 2.59 bits per heavy atom. The highest BCUT2D eigenvalue weighted by molar-refractivity contribution is 9.10. The lowest BCUT2D eigenvalue weighted by Crippen LogP contribution is -2.37. The molecule has 0 radical (unpaired) electrons. The van der Waals surface area contributed by atoms with Crippen molar-refractivity contribution in [2.24, 2.45) is 11.1 Å². The maximum atomic E-state index is 11.2. The zero-order chi connectivity index (χ0) is 13.2. The highest BCUT2D eigenvalue weighted by Gasteiger charge is 2.24. The van der Waals surface area contributed by atoms with Crippen LogP contribution in [-0.4, -0.2) is 12.5 Å². The Hall–Kier alpha value is -1.23. The first-order valence-electron chi connectivity index (χ1n) is 5.33. The number of nitrogens with two attached hydrogens (primary N) is 2. The van der Waals surface area contributed by atoms with Crippen LogP contribution in [0.2, 0.25) is 0 Å². The van der Waals surface area contributed by atoms with E-state index >= 15 is 0 Å². The molecule has 0 bridgehead atoms. The fourth-order valence-corrected chi connectivity index (χ4v) is 1.74. The van der Waals surface area contributed by atoms with Crippen molar-refractivity contribution < 1.29 is 4.79 Å². The van der Waals surface area contributed by atoms with E-state index in [1.807, 2.05) is 19.1 Å². The van der Waals surface area contributed by atoms with Gasteiger partial charge in [-0.25, -0.2) is 0 Å². The zero-order valence-electron chi connectivity index (χ0n) is 10.3. The van der Waals surface area contributed by atoms with Gasteiger partial charge in [-0.3, -0.25) is 4.79 Å². The van der Waals surface area contributed by atoms with Crippen LogP contribution >= 0.6 is 15.9 Å². The van der Waals surface area contributed by atoms with Crippen LogP contribution in [0.1, 0.15) is 19.4 Å². The molecule has 0 aliphatic rings. The predicted molar refractivity (Wildman–Crippen MR) is 74.8 cm³/mol. The van der Waals surface area contributed by atoms with Gasteiger partial charge in [0.2, 0.25) is 5.91 Å². The van der Waals surface area contributed by atoms with E-state index in [0.717, 1.165) is 21.4 Å². The fraction of sp³-hybridized carbons (Fsp3) is 0.417. The first-order valence-corrected chi connectivity index (χ1v) is 6.13. The molecule has 0 saturated carbocycles. The van der Waals surface area contributed by atoms with Gasteiger partial charge in [0.05, 0.1) is 5.41 Å². The summed E-state index contributed by atoms with van der Waals surface area (Å²) < 4.78 is 0.876. The molecule has 0 aromatic heterocycles. The maximum Gasteiger partial charge on any atom is 0.224 e. The maximum absolute atomic E-state index is 11.2. The average Bonchev–Trinajstić information content (AvgIpc) is 2.21. The number of hydrogen-bond donors (Lipinski definition) is 3. The lowest BCUT2D eigenvalue weighted by Gasteiger charge is -2.22. The summed E-state index contributed by atoms with van der Waals surface area (Å²) in [5.74, 6) is -0.326. The van der Waals surface area contributed by atoms with Crippen LogP contribution in [0.15, 0.2) is 16.6 Å². The smallest absolute Gasteiger partial charge is 0.224 e. The molecule has 5 heteroatoms. The summed E-state index contributed by atoms with van der Waals surface area (Å²) in [4.78, 5) is 11.2. The molecule has 94 valence electrons. The number of hydrogen-bond acceptors (Lipinski definition) is 3. The quantitative estimate of drug-likeness (QED) is 0.746. The molecule has 0 unspecified atom stereocenters. The van der Waals surface area contributed by atoms with Crippen LogP contribution in [0.4, 0.5) is 11.4 Å². The molecule has 0 fully saturated rings. The summed E-state index contributed by atoms with van der Waals surface area (Å²) in [5.41, 5.74) is 13.1. The first-order chi connectivity index (χ1) is 7.74. The Bertz CT molecular complexity index is 444. The Morgan fingerprint density at radius 1 is 1.47 bits per heavy atom. The second-order valence-corrected chi connectivity index (χ2v) is 5.64. The van der Waals surface area contributed by atoms with Gasteiger partial charge in [-0.1, -0.05) is 0 Å². The number of anilines is 2. The summed E-state index contributed by atoms with van der Waals surface area (Å²) in [6, 6.07) is 3.78. The van der Waals surface area contributed by atoms with E-state index in [4.69, 9.17) is 11.5 Å². The minimum atomic E-state index is -0.589. The summed E-state index contributed by atoms with van der Waals surface area (Å²) in [5, 5.41) is 3.20. The molecule has 0 aliphatic carbocycles. The van der Waals surface area contributed by atoms with Crippen molar-refractivity contribution in [2.75, 3.05) is 17.6 Å². The number of halogens is 1. The number of carbonyl (C=O) groups excluding carboxylic acids is 1. The van der Waals surface area contributed by atoms with E-state index in [9.17, 15) is 4.79 Å². The monoisotopic (exact) mass is 299 g/mol. The fourth-order valence-electron chi connectivity index (χ4n) is 1.24. The molecule has 1 aromatic carbocycles. The third kappa shape index (κ3) is 3.36. The van der Waals surface area contributed by atoms with Crippen molar-refractivity contribution in [2.45, 2.75) is 20.8 Å². The van der Waals surface area contributed by atoms with Crippen molar-refractivity contribution in [1.82, 2.24) is 0 Å². The third-order valence-electron chi connectivity index (χ3n) is 2.74. The Kier molecular flexibility index (Phi) is 4.03. The molecule has 1 amide bonds. The van der Waals surface area contributed by atoms with Crippen LogP contribution in [0, 0.1) is 12.3 Å². The molecule has 5 N–H and O–H groups in total. The van der Waals surface area contributed by atoms with Crippen LogP contribution in [0.25, 0.3) is 0 Å². The summed E-state index contributed by atoms with van der Waals surface area (Å²) in [6.45, 7) is 6.03. The van der Waals surface area contributed by atoms with Crippen LogP contribution < -0.4 is 16.8 Å². The van der Waals surface area contributed by atoms with E-state index < -0.39 is 5.41 Å². The SMILES string of the molecule is Cc1cc(NCC(C)(C)C(N)=O)c(Br)cc1N. The number of amides is 1. The lowest BCUT2D eigenvalue weighted by molar-refractivity contribution is -0.125. The Balaban J connectivity index is 2.83. The second kappa shape index (κ2) is 4.96. The van der Waals surface area contributed by atoms with Gasteiger partial charge in [0.1, 0.15) is 0 Å². The van der Waals surface area contributed by atoms with Crippen molar-refractivity contribution >= 4 is 33.2 Å². The standard InChI is InChI=1S/C12H18BrN3O/c1-7-4-10(8(13)5-9(7)14)16-6-12(2,3)11(15)17/h4-5,16H,6,14H2,1-3H3,(H2,15,17). The zero-order valence-corrected chi connectivity index (χ0v) is 11.9. The summed E-state index contributed by atoms with van der Waals surface area (Å²) >= 11 is 3.43. The highest BCUT2D eigenvalue weighted by atomic mass is 79.9.